The fraction of sp³-hybridized carbons (Fsp3) is 0.161. The number of esters is 1. The Hall–Kier alpha value is -4.83. The van der Waals surface area contributed by atoms with Crippen LogP contribution in [0.5, 0.6) is 5.75 Å². The summed E-state index contributed by atoms with van der Waals surface area (Å²) < 4.78 is 48.3. The van der Waals surface area contributed by atoms with E-state index in [1.165, 1.54) is 17.7 Å². The lowest BCUT2D eigenvalue weighted by Gasteiger charge is -2.16. The Labute approximate surface area is 233 Å². The zero-order valence-corrected chi connectivity index (χ0v) is 21.7. The third kappa shape index (κ3) is 6.67. The first-order valence-corrected chi connectivity index (χ1v) is 12.8. The van der Waals surface area contributed by atoms with Gasteiger partial charge in [-0.25, -0.2) is 14.8 Å². The van der Waals surface area contributed by atoms with Crippen LogP contribution in [0, 0.1) is 0 Å². The number of para-hydroxylation sites is 1. The standard InChI is InChI=1S/C31H25F3N4O3/c32-31(33,34)30(39)41-29(35)23-13-11-22(12-14-23)27-26(21-7-2-1-3-8-21)37-24-9-4-10-25(28(24)38-27)40-19-5-6-20-15-17-36-18-16-20/h1-4,7-18,29H,5-6,19,35H2. The lowest BCUT2D eigenvalue weighted by Crippen LogP contribution is -2.29. The van der Waals surface area contributed by atoms with E-state index < -0.39 is 18.4 Å². The van der Waals surface area contributed by atoms with Crippen molar-refractivity contribution in [1.29, 1.82) is 0 Å². The van der Waals surface area contributed by atoms with Gasteiger partial charge in [0.1, 0.15) is 11.3 Å². The molecule has 41 heavy (non-hydrogen) atoms. The van der Waals surface area contributed by atoms with Crippen LogP contribution >= 0.6 is 0 Å². The molecule has 0 saturated carbocycles. The highest BCUT2D eigenvalue weighted by Gasteiger charge is 2.42. The van der Waals surface area contributed by atoms with Crippen LogP contribution in [-0.2, 0) is 16.0 Å². The number of alkyl halides is 3. The predicted octanol–water partition coefficient (Wildman–Crippen LogP) is 6.43. The zero-order valence-electron chi connectivity index (χ0n) is 21.7. The van der Waals surface area contributed by atoms with Gasteiger partial charge in [-0.05, 0) is 42.7 Å². The Bertz CT molecular complexity index is 1630. The van der Waals surface area contributed by atoms with Crippen LogP contribution in [0.25, 0.3) is 33.5 Å². The van der Waals surface area contributed by atoms with Crippen molar-refractivity contribution in [2.45, 2.75) is 25.2 Å². The minimum Gasteiger partial charge on any atom is -0.491 e. The number of carbonyl (C=O) groups excluding carboxylic acids is 1. The molecular formula is C31H25F3N4O3. The van der Waals surface area contributed by atoms with Crippen LogP contribution in [0.3, 0.4) is 0 Å². The van der Waals surface area contributed by atoms with Crippen LogP contribution in [0.1, 0.15) is 23.8 Å². The van der Waals surface area contributed by atoms with Gasteiger partial charge in [-0.3, -0.25) is 10.7 Å². The maximum absolute atomic E-state index is 12.6. The van der Waals surface area contributed by atoms with Crippen molar-refractivity contribution in [2.75, 3.05) is 6.61 Å². The Morgan fingerprint density at radius 3 is 2.22 bits per heavy atom. The fourth-order valence-corrected chi connectivity index (χ4v) is 4.26. The number of aryl methyl sites for hydroxylation is 1. The summed E-state index contributed by atoms with van der Waals surface area (Å²) in [5.41, 5.74) is 10.9. The molecule has 0 aliphatic rings. The first-order chi connectivity index (χ1) is 19.8. The average molecular weight is 559 g/mol. The molecule has 5 aromatic rings. The molecule has 0 bridgehead atoms. The number of nitrogens with two attached hydrogens (primary N) is 1. The van der Waals surface area contributed by atoms with Crippen LogP contribution in [0.2, 0.25) is 0 Å². The number of halogens is 3. The molecule has 5 rings (SSSR count). The van der Waals surface area contributed by atoms with Gasteiger partial charge in [0.2, 0.25) is 0 Å². The van der Waals surface area contributed by atoms with Crippen molar-refractivity contribution in [2.24, 2.45) is 5.73 Å². The third-order valence-corrected chi connectivity index (χ3v) is 6.30. The highest BCUT2D eigenvalue weighted by molar-refractivity contribution is 5.89. The van der Waals surface area contributed by atoms with E-state index in [9.17, 15) is 18.0 Å². The van der Waals surface area contributed by atoms with E-state index in [4.69, 9.17) is 20.4 Å². The third-order valence-electron chi connectivity index (χ3n) is 6.30. The van der Waals surface area contributed by atoms with Gasteiger partial charge in [-0.2, -0.15) is 13.2 Å². The summed E-state index contributed by atoms with van der Waals surface area (Å²) in [6.07, 6.45) is -1.56. The minimum absolute atomic E-state index is 0.194. The molecule has 2 heterocycles. The second-order valence-corrected chi connectivity index (χ2v) is 9.16. The van der Waals surface area contributed by atoms with E-state index in [2.05, 4.69) is 9.72 Å². The van der Waals surface area contributed by atoms with Gasteiger partial charge >= 0.3 is 12.1 Å². The maximum Gasteiger partial charge on any atom is 0.490 e. The van der Waals surface area contributed by atoms with Gasteiger partial charge in [0.05, 0.1) is 23.5 Å². The van der Waals surface area contributed by atoms with E-state index in [-0.39, 0.29) is 5.56 Å². The lowest BCUT2D eigenvalue weighted by molar-refractivity contribution is -0.205. The second kappa shape index (κ2) is 12.1. The number of rotatable bonds is 9. The first-order valence-electron chi connectivity index (χ1n) is 12.8. The molecule has 2 N–H and O–H groups in total. The summed E-state index contributed by atoms with van der Waals surface area (Å²) in [4.78, 5) is 25.1. The number of carbonyl (C=O) groups is 1. The highest BCUT2D eigenvalue weighted by Crippen LogP contribution is 2.34. The van der Waals surface area contributed by atoms with Crippen LogP contribution in [0.15, 0.2) is 97.3 Å². The predicted molar refractivity (Wildman–Crippen MR) is 148 cm³/mol. The molecule has 3 aromatic carbocycles. The molecule has 7 nitrogen and oxygen atoms in total. The summed E-state index contributed by atoms with van der Waals surface area (Å²) in [6, 6.07) is 25.3. The van der Waals surface area contributed by atoms with E-state index in [0.29, 0.717) is 40.3 Å². The Morgan fingerprint density at radius 2 is 1.51 bits per heavy atom. The quantitative estimate of drug-likeness (QED) is 0.126. The average Bonchev–Trinajstić information content (AvgIpc) is 2.99. The van der Waals surface area contributed by atoms with Crippen molar-refractivity contribution in [3.63, 3.8) is 0 Å². The minimum atomic E-state index is -5.14. The van der Waals surface area contributed by atoms with Crippen molar-refractivity contribution >= 4 is 17.0 Å². The van der Waals surface area contributed by atoms with Crippen LogP contribution < -0.4 is 10.5 Å². The molecule has 0 fully saturated rings. The van der Waals surface area contributed by atoms with Gasteiger partial charge in [-0.1, -0.05) is 60.7 Å². The number of aromatic nitrogens is 3. The molecule has 0 saturated heterocycles. The summed E-state index contributed by atoms with van der Waals surface area (Å²) in [5, 5.41) is 0. The topological polar surface area (TPSA) is 100 Å². The molecular weight excluding hydrogens is 533 g/mol. The van der Waals surface area contributed by atoms with E-state index in [0.717, 1.165) is 18.4 Å². The lowest BCUT2D eigenvalue weighted by atomic mass is 10.0. The van der Waals surface area contributed by atoms with E-state index in [1.54, 1.807) is 24.5 Å². The SMILES string of the molecule is NC(OC(=O)C(F)(F)F)c1ccc(-c2nc3c(OCCCc4ccncc4)cccc3nc2-c2ccccc2)cc1. The summed E-state index contributed by atoms with van der Waals surface area (Å²) in [6.45, 7) is 0.474. The molecule has 0 radical (unpaired) electrons. The number of nitrogens with zero attached hydrogens (tertiary/aromatic N) is 3. The second-order valence-electron chi connectivity index (χ2n) is 9.16. The molecule has 0 aliphatic heterocycles. The van der Waals surface area contributed by atoms with Crippen molar-refractivity contribution in [3.8, 4) is 28.3 Å². The Kier molecular flexibility index (Phi) is 8.21. The van der Waals surface area contributed by atoms with Crippen molar-refractivity contribution in [3.05, 3.63) is 108 Å². The molecule has 1 atom stereocenters. The number of ether oxygens (including phenoxy) is 2. The van der Waals surface area contributed by atoms with Crippen LogP contribution in [-0.4, -0.2) is 33.7 Å². The molecule has 0 aliphatic carbocycles. The summed E-state index contributed by atoms with van der Waals surface area (Å²) >= 11 is 0. The molecule has 0 amide bonds. The Morgan fingerprint density at radius 1 is 0.829 bits per heavy atom. The Balaban J connectivity index is 1.45. The molecule has 2 aromatic heterocycles. The number of pyridine rings is 1. The van der Waals surface area contributed by atoms with E-state index in [1.807, 2.05) is 60.7 Å². The monoisotopic (exact) mass is 558 g/mol. The first kappa shape index (κ1) is 27.7. The van der Waals surface area contributed by atoms with Gasteiger partial charge < -0.3 is 9.47 Å². The van der Waals surface area contributed by atoms with Gasteiger partial charge in [0.25, 0.3) is 0 Å². The molecule has 208 valence electrons. The van der Waals surface area contributed by atoms with Gasteiger partial charge in [0, 0.05) is 29.1 Å². The zero-order chi connectivity index (χ0) is 28.8. The maximum atomic E-state index is 12.6. The van der Waals surface area contributed by atoms with Crippen LogP contribution in [0.4, 0.5) is 13.2 Å². The number of fused-ring (bicyclic) bond motifs is 1. The van der Waals surface area contributed by atoms with Crippen molar-refractivity contribution in [1.82, 2.24) is 15.0 Å². The molecule has 10 heteroatoms. The number of hydrogen-bond acceptors (Lipinski definition) is 7. The number of benzene rings is 3. The fourth-order valence-electron chi connectivity index (χ4n) is 4.26. The normalized spacial score (nSPS) is 12.2. The van der Waals surface area contributed by atoms with Gasteiger partial charge in [-0.15, -0.1) is 0 Å². The van der Waals surface area contributed by atoms with E-state index >= 15 is 0 Å². The summed E-state index contributed by atoms with van der Waals surface area (Å²) in [5.74, 6) is -1.77. The van der Waals surface area contributed by atoms with Crippen molar-refractivity contribution < 1.29 is 27.4 Å². The smallest absolute Gasteiger partial charge is 0.490 e. The largest absolute Gasteiger partial charge is 0.491 e. The molecule has 1 unspecified atom stereocenters. The molecule has 0 spiro atoms. The van der Waals surface area contributed by atoms with Gasteiger partial charge in [0.15, 0.2) is 6.23 Å². The number of hydrogen-bond donors (Lipinski definition) is 1. The summed E-state index contributed by atoms with van der Waals surface area (Å²) in [7, 11) is 0. The highest BCUT2D eigenvalue weighted by atomic mass is 19.4.